The largest absolute Gasteiger partial charge is 0.455 e. The molecule has 2 aliphatic rings. The fourth-order valence-electron chi connectivity index (χ4n) is 3.24. The molecular weight excluding hydrogens is 292 g/mol. The topological polar surface area (TPSA) is 79.6 Å². The smallest absolute Gasteiger partial charge is 0.289 e. The summed E-state index contributed by atoms with van der Waals surface area (Å²) in [6, 6.07) is 3.24. The number of fused-ring (bicyclic) bond motifs is 1. The number of carbonyl (C=O) groups excluding carboxylic acids is 1. The Bertz CT molecular complexity index is 663. The van der Waals surface area contributed by atoms with Gasteiger partial charge < -0.3 is 9.32 Å². The molecule has 0 spiro atoms. The molecule has 116 valence electrons. The van der Waals surface area contributed by atoms with E-state index in [1.165, 1.54) is 0 Å². The minimum atomic E-state index is -3.27. The molecule has 1 amide bonds. The number of sulfonamides is 1. The van der Waals surface area contributed by atoms with Crippen LogP contribution in [-0.2, 0) is 16.6 Å². The van der Waals surface area contributed by atoms with Crippen LogP contribution in [0.25, 0.3) is 0 Å². The van der Waals surface area contributed by atoms with Crippen LogP contribution in [0.3, 0.4) is 0 Å². The van der Waals surface area contributed by atoms with Gasteiger partial charge >= 0.3 is 0 Å². The SMILES string of the molecule is CC1(C)[C@@H]2CN(C(=O)c3ccc(CNS(C)(=O)=O)o3)C[C@H]21. The molecule has 1 aliphatic heterocycles. The number of hydrogen-bond donors (Lipinski definition) is 1. The second-order valence-electron chi connectivity index (χ2n) is 6.60. The molecule has 1 saturated carbocycles. The quantitative estimate of drug-likeness (QED) is 0.901. The highest BCUT2D eigenvalue weighted by molar-refractivity contribution is 7.88. The van der Waals surface area contributed by atoms with Crippen LogP contribution < -0.4 is 4.72 Å². The maximum absolute atomic E-state index is 12.3. The molecule has 1 saturated heterocycles. The lowest BCUT2D eigenvalue weighted by atomic mass is 10.1. The van der Waals surface area contributed by atoms with Crippen LogP contribution in [0.2, 0.25) is 0 Å². The summed E-state index contributed by atoms with van der Waals surface area (Å²) in [7, 11) is -3.27. The van der Waals surface area contributed by atoms with Crippen LogP contribution >= 0.6 is 0 Å². The Morgan fingerprint density at radius 2 is 2.00 bits per heavy atom. The van der Waals surface area contributed by atoms with Crippen molar-refractivity contribution in [2.24, 2.45) is 17.3 Å². The lowest BCUT2D eigenvalue weighted by molar-refractivity contribution is 0.0724. The number of hydrogen-bond acceptors (Lipinski definition) is 4. The van der Waals surface area contributed by atoms with Gasteiger partial charge in [0.2, 0.25) is 10.0 Å². The number of amides is 1. The van der Waals surface area contributed by atoms with Crippen molar-refractivity contribution in [1.82, 2.24) is 9.62 Å². The fourth-order valence-corrected chi connectivity index (χ4v) is 3.65. The molecule has 0 unspecified atom stereocenters. The van der Waals surface area contributed by atoms with Crippen molar-refractivity contribution in [2.75, 3.05) is 19.3 Å². The summed E-state index contributed by atoms with van der Waals surface area (Å²) < 4.78 is 29.8. The minimum absolute atomic E-state index is 0.0599. The third kappa shape index (κ3) is 2.72. The van der Waals surface area contributed by atoms with E-state index in [4.69, 9.17) is 4.42 Å². The Labute approximate surface area is 124 Å². The normalized spacial score (nSPS) is 26.7. The molecule has 0 aromatic carbocycles. The van der Waals surface area contributed by atoms with Crippen molar-refractivity contribution in [1.29, 1.82) is 0 Å². The average Bonchev–Trinajstić information content (AvgIpc) is 2.89. The summed E-state index contributed by atoms with van der Waals surface area (Å²) in [6.45, 7) is 6.12. The maximum atomic E-state index is 12.3. The Kier molecular flexibility index (Phi) is 3.18. The van der Waals surface area contributed by atoms with E-state index in [1.807, 2.05) is 4.90 Å². The molecule has 1 aliphatic carbocycles. The van der Waals surface area contributed by atoms with Crippen LogP contribution in [0, 0.1) is 17.3 Å². The highest BCUT2D eigenvalue weighted by atomic mass is 32.2. The van der Waals surface area contributed by atoms with Crippen molar-refractivity contribution in [2.45, 2.75) is 20.4 Å². The lowest BCUT2D eigenvalue weighted by Crippen LogP contribution is -2.32. The number of nitrogens with one attached hydrogen (secondary N) is 1. The summed E-state index contributed by atoms with van der Waals surface area (Å²) in [5, 5.41) is 0. The van der Waals surface area contributed by atoms with Gasteiger partial charge in [0.15, 0.2) is 5.76 Å². The van der Waals surface area contributed by atoms with E-state index in [0.717, 1.165) is 19.3 Å². The zero-order valence-corrected chi connectivity index (χ0v) is 13.2. The van der Waals surface area contributed by atoms with E-state index in [1.54, 1.807) is 12.1 Å². The van der Waals surface area contributed by atoms with Gasteiger partial charge in [-0.05, 0) is 29.4 Å². The van der Waals surface area contributed by atoms with Crippen LogP contribution in [0.5, 0.6) is 0 Å². The van der Waals surface area contributed by atoms with Crippen LogP contribution in [-0.4, -0.2) is 38.6 Å². The predicted molar refractivity (Wildman–Crippen MR) is 77.1 cm³/mol. The molecule has 6 nitrogen and oxygen atoms in total. The molecule has 0 bridgehead atoms. The highest BCUT2D eigenvalue weighted by Gasteiger charge is 2.62. The number of nitrogens with zero attached hydrogens (tertiary/aromatic N) is 1. The molecule has 1 aromatic rings. The first-order valence-corrected chi connectivity index (χ1v) is 8.90. The monoisotopic (exact) mass is 312 g/mol. The van der Waals surface area contributed by atoms with Crippen molar-refractivity contribution in [3.8, 4) is 0 Å². The van der Waals surface area contributed by atoms with Crippen LogP contribution in [0.4, 0.5) is 0 Å². The molecule has 2 fully saturated rings. The van der Waals surface area contributed by atoms with Crippen molar-refractivity contribution in [3.05, 3.63) is 23.7 Å². The number of likely N-dealkylation sites (tertiary alicyclic amines) is 1. The molecule has 1 N–H and O–H groups in total. The standard InChI is InChI=1S/C14H20N2O4S/c1-14(2)10-7-16(8-11(10)14)13(17)12-5-4-9(20-12)6-15-21(3,18)19/h4-5,10-11,15H,6-8H2,1-3H3/t10-,11-/m1/s1. The van der Waals surface area contributed by atoms with Gasteiger partial charge in [-0.25, -0.2) is 13.1 Å². The summed E-state index contributed by atoms with van der Waals surface area (Å²) in [6.07, 6.45) is 1.08. The minimum Gasteiger partial charge on any atom is -0.455 e. The van der Waals surface area contributed by atoms with Gasteiger partial charge in [-0.15, -0.1) is 0 Å². The summed E-state index contributed by atoms with van der Waals surface area (Å²) in [4.78, 5) is 14.2. The third-order valence-electron chi connectivity index (χ3n) is 4.79. The molecule has 2 atom stereocenters. The molecule has 7 heteroatoms. The second-order valence-corrected chi connectivity index (χ2v) is 8.44. The second kappa shape index (κ2) is 4.58. The van der Waals surface area contributed by atoms with Gasteiger partial charge in [-0.1, -0.05) is 13.8 Å². The van der Waals surface area contributed by atoms with Crippen molar-refractivity contribution in [3.63, 3.8) is 0 Å². The molecule has 3 rings (SSSR count). The number of rotatable bonds is 4. The van der Waals surface area contributed by atoms with Crippen LogP contribution in [0.15, 0.2) is 16.5 Å². The van der Waals surface area contributed by atoms with E-state index < -0.39 is 10.0 Å². The number of furan rings is 1. The number of carbonyl (C=O) groups is 1. The molecule has 0 radical (unpaired) electrons. The first-order chi connectivity index (χ1) is 9.68. The lowest BCUT2D eigenvalue weighted by Gasteiger charge is -2.20. The zero-order valence-electron chi connectivity index (χ0n) is 12.4. The van der Waals surface area contributed by atoms with Gasteiger partial charge in [-0.2, -0.15) is 0 Å². The summed E-state index contributed by atoms with van der Waals surface area (Å²) in [5.74, 6) is 1.81. The first kappa shape index (κ1) is 14.6. The van der Waals surface area contributed by atoms with E-state index in [9.17, 15) is 13.2 Å². The van der Waals surface area contributed by atoms with Gasteiger partial charge in [0.1, 0.15) is 5.76 Å². The molecule has 2 heterocycles. The van der Waals surface area contributed by atoms with Gasteiger partial charge in [0.25, 0.3) is 5.91 Å². The van der Waals surface area contributed by atoms with E-state index in [2.05, 4.69) is 18.6 Å². The van der Waals surface area contributed by atoms with Crippen LogP contribution in [0.1, 0.15) is 30.2 Å². The summed E-state index contributed by atoms with van der Waals surface area (Å²) >= 11 is 0. The molecule has 1 aromatic heterocycles. The zero-order chi connectivity index (χ0) is 15.4. The average molecular weight is 312 g/mol. The molecular formula is C14H20N2O4S. The van der Waals surface area contributed by atoms with E-state index in [-0.39, 0.29) is 18.2 Å². The van der Waals surface area contributed by atoms with Crippen molar-refractivity contribution < 1.29 is 17.6 Å². The summed E-state index contributed by atoms with van der Waals surface area (Å²) in [5.41, 5.74) is 0.366. The third-order valence-corrected chi connectivity index (χ3v) is 5.46. The Morgan fingerprint density at radius 3 is 2.57 bits per heavy atom. The molecule has 21 heavy (non-hydrogen) atoms. The Balaban J connectivity index is 1.61. The highest BCUT2D eigenvalue weighted by Crippen LogP contribution is 2.62. The Hall–Kier alpha value is -1.34. The van der Waals surface area contributed by atoms with E-state index in [0.29, 0.717) is 23.0 Å². The van der Waals surface area contributed by atoms with Gasteiger partial charge in [-0.3, -0.25) is 4.79 Å². The number of piperidine rings is 1. The van der Waals surface area contributed by atoms with Gasteiger partial charge in [0.05, 0.1) is 12.8 Å². The predicted octanol–water partition coefficient (Wildman–Crippen LogP) is 1.06. The first-order valence-electron chi connectivity index (χ1n) is 7.01. The van der Waals surface area contributed by atoms with E-state index >= 15 is 0 Å². The van der Waals surface area contributed by atoms with Gasteiger partial charge in [0, 0.05) is 13.1 Å². The maximum Gasteiger partial charge on any atom is 0.289 e. The fraction of sp³-hybridized carbons (Fsp3) is 0.643. The van der Waals surface area contributed by atoms with Crippen molar-refractivity contribution >= 4 is 15.9 Å². The Morgan fingerprint density at radius 1 is 1.38 bits per heavy atom.